The molecule has 29 heavy (non-hydrogen) atoms. The maximum absolute atomic E-state index is 12.1. The van der Waals surface area contributed by atoms with Gasteiger partial charge in [0.2, 0.25) is 0 Å². The summed E-state index contributed by atoms with van der Waals surface area (Å²) < 4.78 is 15.8. The number of aryl methyl sites for hydroxylation is 2. The molecule has 0 aliphatic heterocycles. The van der Waals surface area contributed by atoms with Crippen molar-refractivity contribution in [2.45, 2.75) is 26.7 Å². The molecule has 2 aromatic carbocycles. The van der Waals surface area contributed by atoms with Gasteiger partial charge in [-0.3, -0.25) is 10.1 Å². The number of carbonyl (C=O) groups is 2. The third-order valence-electron chi connectivity index (χ3n) is 4.04. The standard InChI is InChI=1S/C22H22N2O5/c1-3-27-22(26)24-17-8-10-18(11-9-17)28-21(25)13-12-20-23-14-19(29-20)16-6-4-15(2)5-7-16/h4-11,14H,3,12-13H2,1-2H3,(H,24,26). The molecule has 0 unspecified atom stereocenters. The van der Waals surface area contributed by atoms with Crippen LogP contribution in [0.4, 0.5) is 10.5 Å². The van der Waals surface area contributed by atoms with Crippen molar-refractivity contribution in [1.82, 2.24) is 4.98 Å². The molecule has 7 nitrogen and oxygen atoms in total. The van der Waals surface area contributed by atoms with E-state index in [1.807, 2.05) is 31.2 Å². The largest absolute Gasteiger partial charge is 0.450 e. The van der Waals surface area contributed by atoms with Crippen LogP contribution < -0.4 is 10.1 Å². The molecule has 0 bridgehead atoms. The first-order valence-corrected chi connectivity index (χ1v) is 9.29. The summed E-state index contributed by atoms with van der Waals surface area (Å²) in [5.74, 6) is 1.13. The first-order valence-electron chi connectivity index (χ1n) is 9.29. The molecule has 0 fully saturated rings. The highest BCUT2D eigenvalue weighted by molar-refractivity contribution is 5.84. The number of rotatable bonds is 7. The highest BCUT2D eigenvalue weighted by Gasteiger charge is 2.11. The molecule has 0 aliphatic carbocycles. The minimum Gasteiger partial charge on any atom is -0.450 e. The predicted molar refractivity (Wildman–Crippen MR) is 108 cm³/mol. The van der Waals surface area contributed by atoms with E-state index in [0.717, 1.165) is 5.56 Å². The number of nitrogens with zero attached hydrogens (tertiary/aromatic N) is 1. The fourth-order valence-electron chi connectivity index (χ4n) is 2.56. The third kappa shape index (κ3) is 5.93. The molecule has 0 radical (unpaired) electrons. The molecule has 0 spiro atoms. The molecule has 0 saturated carbocycles. The molecular formula is C22H22N2O5. The Labute approximate surface area is 168 Å². The van der Waals surface area contributed by atoms with Crippen LogP contribution in [0.25, 0.3) is 11.3 Å². The summed E-state index contributed by atoms with van der Waals surface area (Å²) in [6.07, 6.45) is 1.60. The van der Waals surface area contributed by atoms with Gasteiger partial charge in [-0.15, -0.1) is 0 Å². The summed E-state index contributed by atoms with van der Waals surface area (Å²) in [5.41, 5.74) is 2.65. The fraction of sp³-hybridized carbons (Fsp3) is 0.227. The lowest BCUT2D eigenvalue weighted by molar-refractivity contribution is -0.134. The Morgan fingerprint density at radius 3 is 2.48 bits per heavy atom. The number of nitrogens with one attached hydrogen (secondary N) is 1. The van der Waals surface area contributed by atoms with Crippen LogP contribution in [0.2, 0.25) is 0 Å². The van der Waals surface area contributed by atoms with Crippen LogP contribution in [0, 0.1) is 6.92 Å². The van der Waals surface area contributed by atoms with Crippen LogP contribution in [0.1, 0.15) is 24.8 Å². The number of hydrogen-bond donors (Lipinski definition) is 1. The first kappa shape index (κ1) is 20.1. The van der Waals surface area contributed by atoms with E-state index < -0.39 is 12.1 Å². The second-order valence-electron chi connectivity index (χ2n) is 6.33. The van der Waals surface area contributed by atoms with Crippen LogP contribution in [-0.2, 0) is 16.0 Å². The van der Waals surface area contributed by atoms with Gasteiger partial charge in [0.25, 0.3) is 0 Å². The van der Waals surface area contributed by atoms with Crippen molar-refractivity contribution in [2.75, 3.05) is 11.9 Å². The fourth-order valence-corrected chi connectivity index (χ4v) is 2.56. The predicted octanol–water partition coefficient (Wildman–Crippen LogP) is 4.76. The monoisotopic (exact) mass is 394 g/mol. The summed E-state index contributed by atoms with van der Waals surface area (Å²) in [4.78, 5) is 27.7. The van der Waals surface area contributed by atoms with Crippen molar-refractivity contribution in [2.24, 2.45) is 0 Å². The Morgan fingerprint density at radius 2 is 1.79 bits per heavy atom. The zero-order chi connectivity index (χ0) is 20.6. The van der Waals surface area contributed by atoms with Gasteiger partial charge in [0.1, 0.15) is 5.75 Å². The molecule has 150 valence electrons. The maximum atomic E-state index is 12.1. The van der Waals surface area contributed by atoms with Gasteiger partial charge in [0.05, 0.1) is 19.2 Å². The first-order chi connectivity index (χ1) is 14.0. The third-order valence-corrected chi connectivity index (χ3v) is 4.04. The van der Waals surface area contributed by atoms with Crippen molar-refractivity contribution < 1.29 is 23.5 Å². The summed E-state index contributed by atoms with van der Waals surface area (Å²) in [5, 5.41) is 2.57. The lowest BCUT2D eigenvalue weighted by atomic mass is 10.1. The van der Waals surface area contributed by atoms with E-state index in [-0.39, 0.29) is 6.42 Å². The molecule has 0 saturated heterocycles. The van der Waals surface area contributed by atoms with Crippen LogP contribution in [-0.4, -0.2) is 23.7 Å². The number of carbonyl (C=O) groups excluding carboxylic acids is 2. The van der Waals surface area contributed by atoms with Crippen molar-refractivity contribution >= 4 is 17.7 Å². The second kappa shape index (κ2) is 9.54. The van der Waals surface area contributed by atoms with Crippen molar-refractivity contribution in [1.29, 1.82) is 0 Å². The number of anilines is 1. The van der Waals surface area contributed by atoms with Gasteiger partial charge in [0, 0.05) is 17.7 Å². The van der Waals surface area contributed by atoms with Crippen molar-refractivity contribution in [3.63, 3.8) is 0 Å². The zero-order valence-electron chi connectivity index (χ0n) is 16.3. The van der Waals surface area contributed by atoms with Gasteiger partial charge < -0.3 is 13.9 Å². The number of ether oxygens (including phenoxy) is 2. The maximum Gasteiger partial charge on any atom is 0.411 e. The number of oxazole rings is 1. The highest BCUT2D eigenvalue weighted by atomic mass is 16.5. The quantitative estimate of drug-likeness (QED) is 0.459. The van der Waals surface area contributed by atoms with E-state index in [0.29, 0.717) is 36.1 Å². The zero-order valence-corrected chi connectivity index (χ0v) is 16.3. The van der Waals surface area contributed by atoms with E-state index in [9.17, 15) is 9.59 Å². The number of benzene rings is 2. The second-order valence-corrected chi connectivity index (χ2v) is 6.33. The molecule has 7 heteroatoms. The van der Waals surface area contributed by atoms with E-state index in [4.69, 9.17) is 13.9 Å². The Kier molecular flexibility index (Phi) is 6.63. The summed E-state index contributed by atoms with van der Waals surface area (Å²) in [7, 11) is 0. The van der Waals surface area contributed by atoms with Gasteiger partial charge in [-0.2, -0.15) is 0 Å². The average Bonchev–Trinajstić information content (AvgIpc) is 3.18. The average molecular weight is 394 g/mol. The number of hydrogen-bond acceptors (Lipinski definition) is 6. The van der Waals surface area contributed by atoms with E-state index in [2.05, 4.69) is 10.3 Å². The van der Waals surface area contributed by atoms with Crippen LogP contribution in [0.15, 0.2) is 59.1 Å². The Morgan fingerprint density at radius 1 is 1.07 bits per heavy atom. The molecule has 3 rings (SSSR count). The lowest BCUT2D eigenvalue weighted by Gasteiger charge is -2.07. The number of aromatic nitrogens is 1. The van der Waals surface area contributed by atoms with E-state index in [1.54, 1.807) is 37.4 Å². The lowest BCUT2D eigenvalue weighted by Crippen LogP contribution is -2.13. The van der Waals surface area contributed by atoms with Gasteiger partial charge in [-0.25, -0.2) is 9.78 Å². The Balaban J connectivity index is 1.49. The summed E-state index contributed by atoms with van der Waals surface area (Å²) in [6.45, 7) is 4.04. The SMILES string of the molecule is CCOC(=O)Nc1ccc(OC(=O)CCc2ncc(-c3ccc(C)cc3)o2)cc1. The number of amides is 1. The molecule has 1 aromatic heterocycles. The molecule has 0 atom stereocenters. The van der Waals surface area contributed by atoms with Gasteiger partial charge >= 0.3 is 12.1 Å². The molecule has 0 aliphatic rings. The highest BCUT2D eigenvalue weighted by Crippen LogP contribution is 2.22. The molecular weight excluding hydrogens is 372 g/mol. The van der Waals surface area contributed by atoms with Crippen LogP contribution >= 0.6 is 0 Å². The van der Waals surface area contributed by atoms with Crippen molar-refractivity contribution in [3.8, 4) is 17.1 Å². The molecule has 3 aromatic rings. The molecule has 1 heterocycles. The summed E-state index contributed by atoms with van der Waals surface area (Å²) in [6, 6.07) is 14.4. The molecule has 1 N–H and O–H groups in total. The topological polar surface area (TPSA) is 90.7 Å². The smallest absolute Gasteiger partial charge is 0.411 e. The van der Waals surface area contributed by atoms with Gasteiger partial charge in [0.15, 0.2) is 11.7 Å². The van der Waals surface area contributed by atoms with E-state index in [1.165, 1.54) is 5.56 Å². The van der Waals surface area contributed by atoms with Crippen LogP contribution in [0.5, 0.6) is 5.75 Å². The van der Waals surface area contributed by atoms with Gasteiger partial charge in [-0.1, -0.05) is 29.8 Å². The number of esters is 1. The molecule has 1 amide bonds. The Bertz CT molecular complexity index is 962. The minimum absolute atomic E-state index is 0.136. The van der Waals surface area contributed by atoms with Crippen LogP contribution in [0.3, 0.4) is 0 Å². The Hall–Kier alpha value is -3.61. The van der Waals surface area contributed by atoms with E-state index >= 15 is 0 Å². The minimum atomic E-state index is -0.534. The van der Waals surface area contributed by atoms with Crippen molar-refractivity contribution in [3.05, 3.63) is 66.2 Å². The van der Waals surface area contributed by atoms with Gasteiger partial charge in [-0.05, 0) is 38.1 Å². The normalized spacial score (nSPS) is 10.4. The summed E-state index contributed by atoms with van der Waals surface area (Å²) >= 11 is 0.